The predicted octanol–water partition coefficient (Wildman–Crippen LogP) is 4.12. The van der Waals surface area contributed by atoms with Crippen LogP contribution in [-0.2, 0) is 0 Å². The van der Waals surface area contributed by atoms with Crippen molar-refractivity contribution in [2.75, 3.05) is 11.9 Å². The quantitative estimate of drug-likeness (QED) is 0.761. The molecule has 22 heavy (non-hydrogen) atoms. The normalized spacial score (nSPS) is 11.7. The standard InChI is InChI=1S/C18H18N2O.ClH/c1-13(21)12-19-18-11-17(14-7-3-2-4-8-14)20-16-10-6-5-9-15(16)18;/h2-11,13,21H,12H2,1H3,(H,19,20);1H/t13-;/m0./s1. The summed E-state index contributed by atoms with van der Waals surface area (Å²) in [5.74, 6) is 0. The van der Waals surface area contributed by atoms with E-state index in [1.807, 2.05) is 48.5 Å². The summed E-state index contributed by atoms with van der Waals surface area (Å²) < 4.78 is 0. The average molecular weight is 315 g/mol. The van der Waals surface area contributed by atoms with Crippen molar-refractivity contribution in [3.05, 3.63) is 60.7 Å². The van der Waals surface area contributed by atoms with E-state index in [1.165, 1.54) is 0 Å². The molecular formula is C18H19ClN2O. The zero-order chi connectivity index (χ0) is 14.7. The average Bonchev–Trinajstić information content (AvgIpc) is 2.53. The van der Waals surface area contributed by atoms with Crippen molar-refractivity contribution in [3.8, 4) is 11.3 Å². The summed E-state index contributed by atoms with van der Waals surface area (Å²) in [5.41, 5.74) is 3.97. The summed E-state index contributed by atoms with van der Waals surface area (Å²) in [5, 5.41) is 13.9. The highest BCUT2D eigenvalue weighted by Gasteiger charge is 2.07. The Morgan fingerprint density at radius 1 is 1.05 bits per heavy atom. The van der Waals surface area contributed by atoms with Crippen LogP contribution in [0.1, 0.15) is 6.92 Å². The fourth-order valence-corrected chi connectivity index (χ4v) is 2.34. The Morgan fingerprint density at radius 2 is 1.73 bits per heavy atom. The predicted molar refractivity (Wildman–Crippen MR) is 94.6 cm³/mol. The first-order valence-corrected chi connectivity index (χ1v) is 7.11. The number of aliphatic hydroxyl groups excluding tert-OH is 1. The van der Waals surface area contributed by atoms with E-state index < -0.39 is 6.10 Å². The van der Waals surface area contributed by atoms with Gasteiger partial charge in [0.25, 0.3) is 0 Å². The molecule has 0 unspecified atom stereocenters. The highest BCUT2D eigenvalue weighted by Crippen LogP contribution is 2.28. The maximum atomic E-state index is 9.49. The largest absolute Gasteiger partial charge is 0.392 e. The number of anilines is 1. The Balaban J connectivity index is 0.00000176. The van der Waals surface area contributed by atoms with Crippen LogP contribution in [0.2, 0.25) is 0 Å². The van der Waals surface area contributed by atoms with Crippen molar-refractivity contribution >= 4 is 29.0 Å². The summed E-state index contributed by atoms with van der Waals surface area (Å²) in [6, 6.07) is 20.2. The third-order valence-corrected chi connectivity index (χ3v) is 3.37. The van der Waals surface area contributed by atoms with Crippen LogP contribution in [-0.4, -0.2) is 22.7 Å². The molecule has 0 aliphatic heterocycles. The van der Waals surface area contributed by atoms with Crippen molar-refractivity contribution in [3.63, 3.8) is 0 Å². The molecule has 0 spiro atoms. The maximum Gasteiger partial charge on any atom is 0.0730 e. The lowest BCUT2D eigenvalue weighted by Gasteiger charge is -2.13. The second-order valence-electron chi connectivity index (χ2n) is 5.17. The minimum Gasteiger partial charge on any atom is -0.392 e. The highest BCUT2D eigenvalue weighted by molar-refractivity contribution is 5.93. The molecule has 1 aromatic heterocycles. The topological polar surface area (TPSA) is 45.1 Å². The Labute approximate surface area is 136 Å². The monoisotopic (exact) mass is 314 g/mol. The second kappa shape index (κ2) is 7.25. The van der Waals surface area contributed by atoms with E-state index in [-0.39, 0.29) is 12.4 Å². The summed E-state index contributed by atoms with van der Waals surface area (Å²) in [6.07, 6.45) is -0.392. The number of pyridine rings is 1. The summed E-state index contributed by atoms with van der Waals surface area (Å²) in [7, 11) is 0. The Kier molecular flexibility index (Phi) is 5.36. The van der Waals surface area contributed by atoms with Gasteiger partial charge in [-0.1, -0.05) is 48.5 Å². The number of halogens is 1. The molecule has 3 aromatic rings. The van der Waals surface area contributed by atoms with Gasteiger partial charge in [-0.25, -0.2) is 4.98 Å². The third-order valence-electron chi connectivity index (χ3n) is 3.37. The molecule has 1 atom stereocenters. The molecule has 0 radical (unpaired) electrons. The van der Waals surface area contributed by atoms with Crippen molar-refractivity contribution in [1.29, 1.82) is 0 Å². The lowest BCUT2D eigenvalue weighted by atomic mass is 10.1. The number of aromatic nitrogens is 1. The molecule has 2 N–H and O–H groups in total. The van der Waals surface area contributed by atoms with Crippen molar-refractivity contribution < 1.29 is 5.11 Å². The first kappa shape index (κ1) is 16.3. The molecule has 0 bridgehead atoms. The minimum atomic E-state index is -0.392. The number of nitrogens with zero attached hydrogens (tertiary/aromatic N) is 1. The molecule has 0 saturated carbocycles. The number of hydrogen-bond acceptors (Lipinski definition) is 3. The van der Waals surface area contributed by atoms with E-state index in [0.717, 1.165) is 27.8 Å². The van der Waals surface area contributed by atoms with Gasteiger partial charge in [0.2, 0.25) is 0 Å². The van der Waals surface area contributed by atoms with Gasteiger partial charge in [-0.15, -0.1) is 12.4 Å². The van der Waals surface area contributed by atoms with Crippen LogP contribution in [0.25, 0.3) is 22.2 Å². The van der Waals surface area contributed by atoms with Gasteiger partial charge in [0.1, 0.15) is 0 Å². The van der Waals surface area contributed by atoms with E-state index in [9.17, 15) is 5.11 Å². The van der Waals surface area contributed by atoms with E-state index in [2.05, 4.69) is 17.4 Å². The first-order chi connectivity index (χ1) is 10.2. The van der Waals surface area contributed by atoms with Crippen LogP contribution in [0.3, 0.4) is 0 Å². The van der Waals surface area contributed by atoms with Crippen LogP contribution in [0.4, 0.5) is 5.69 Å². The van der Waals surface area contributed by atoms with Gasteiger partial charge in [-0.05, 0) is 19.1 Å². The fraction of sp³-hybridized carbons (Fsp3) is 0.167. The summed E-state index contributed by atoms with van der Waals surface area (Å²) >= 11 is 0. The fourth-order valence-electron chi connectivity index (χ4n) is 2.34. The number of benzene rings is 2. The van der Waals surface area contributed by atoms with Gasteiger partial charge in [0.15, 0.2) is 0 Å². The van der Waals surface area contributed by atoms with Crippen LogP contribution in [0.5, 0.6) is 0 Å². The van der Waals surface area contributed by atoms with Gasteiger partial charge in [-0.3, -0.25) is 0 Å². The van der Waals surface area contributed by atoms with E-state index in [0.29, 0.717) is 6.54 Å². The lowest BCUT2D eigenvalue weighted by molar-refractivity contribution is 0.208. The zero-order valence-corrected chi connectivity index (χ0v) is 13.2. The number of rotatable bonds is 4. The van der Waals surface area contributed by atoms with Gasteiger partial charge in [-0.2, -0.15) is 0 Å². The molecule has 3 rings (SSSR count). The third kappa shape index (κ3) is 3.56. The molecule has 0 fully saturated rings. The van der Waals surface area contributed by atoms with Gasteiger partial charge in [0.05, 0.1) is 17.3 Å². The van der Waals surface area contributed by atoms with Crippen molar-refractivity contribution in [2.45, 2.75) is 13.0 Å². The molecule has 0 saturated heterocycles. The highest BCUT2D eigenvalue weighted by atomic mass is 35.5. The zero-order valence-electron chi connectivity index (χ0n) is 12.4. The Morgan fingerprint density at radius 3 is 2.45 bits per heavy atom. The number of para-hydroxylation sites is 1. The van der Waals surface area contributed by atoms with E-state index in [4.69, 9.17) is 4.98 Å². The molecule has 0 aliphatic carbocycles. The van der Waals surface area contributed by atoms with Crippen LogP contribution in [0.15, 0.2) is 60.7 Å². The molecular weight excluding hydrogens is 296 g/mol. The van der Waals surface area contributed by atoms with E-state index in [1.54, 1.807) is 6.92 Å². The van der Waals surface area contributed by atoms with Gasteiger partial charge in [0, 0.05) is 23.2 Å². The van der Waals surface area contributed by atoms with Crippen LogP contribution >= 0.6 is 12.4 Å². The molecule has 4 heteroatoms. The van der Waals surface area contributed by atoms with Crippen molar-refractivity contribution in [1.82, 2.24) is 4.98 Å². The second-order valence-corrected chi connectivity index (χ2v) is 5.17. The molecule has 114 valence electrons. The maximum absolute atomic E-state index is 9.49. The SMILES string of the molecule is C[C@H](O)CNc1cc(-c2ccccc2)nc2ccccc12.Cl. The lowest BCUT2D eigenvalue weighted by Crippen LogP contribution is -2.15. The smallest absolute Gasteiger partial charge is 0.0730 e. The summed E-state index contributed by atoms with van der Waals surface area (Å²) in [4.78, 5) is 4.73. The number of aliphatic hydroxyl groups is 1. The molecule has 1 heterocycles. The Bertz CT molecular complexity index is 744. The molecule has 3 nitrogen and oxygen atoms in total. The Hall–Kier alpha value is -2.10. The van der Waals surface area contributed by atoms with Gasteiger partial charge >= 0.3 is 0 Å². The minimum absolute atomic E-state index is 0. The molecule has 0 aliphatic rings. The number of nitrogens with one attached hydrogen (secondary N) is 1. The molecule has 0 amide bonds. The molecule has 2 aromatic carbocycles. The first-order valence-electron chi connectivity index (χ1n) is 7.11. The van der Waals surface area contributed by atoms with Crippen molar-refractivity contribution in [2.24, 2.45) is 0 Å². The van der Waals surface area contributed by atoms with Crippen LogP contribution in [0, 0.1) is 0 Å². The summed E-state index contributed by atoms with van der Waals surface area (Å²) in [6.45, 7) is 2.29. The number of hydrogen-bond donors (Lipinski definition) is 2. The van der Waals surface area contributed by atoms with Gasteiger partial charge < -0.3 is 10.4 Å². The number of fused-ring (bicyclic) bond motifs is 1. The van der Waals surface area contributed by atoms with Crippen LogP contribution < -0.4 is 5.32 Å². The van der Waals surface area contributed by atoms with E-state index >= 15 is 0 Å².